The van der Waals surface area contributed by atoms with Crippen LogP contribution in [-0.2, 0) is 24.1 Å². The molecule has 2 heterocycles. The highest BCUT2D eigenvalue weighted by Crippen LogP contribution is 2.57. The van der Waals surface area contributed by atoms with Crippen LogP contribution < -0.4 is 0 Å². The van der Waals surface area contributed by atoms with Gasteiger partial charge in [-0.15, -0.1) is 0 Å². The molecule has 0 aromatic heterocycles. The fraction of sp³-hybridized carbons (Fsp3) is 0.909. The second-order valence-electron chi connectivity index (χ2n) is 4.74. The van der Waals surface area contributed by atoms with Crippen LogP contribution in [0.2, 0.25) is 0 Å². The topological polar surface area (TPSA) is 73.0 Å². The van der Waals surface area contributed by atoms with Crippen LogP contribution in [0.5, 0.6) is 0 Å². The Morgan fingerprint density at radius 1 is 1.41 bits per heavy atom. The summed E-state index contributed by atoms with van der Waals surface area (Å²) in [4.78, 5) is 11.9. The van der Waals surface area contributed by atoms with Gasteiger partial charge in [0, 0.05) is 0 Å². The van der Waals surface area contributed by atoms with Crippen LogP contribution >= 0.6 is 0 Å². The standard InChI is InChI=1S/C11H18O5S/c1-3-5-11(9(12)15-4-2)10(16-11)6-7-17(13,14)8-10/h3-8H2,1-2H3. The summed E-state index contributed by atoms with van der Waals surface area (Å²) in [6, 6.07) is 0. The molecule has 0 N–H and O–H groups in total. The lowest BCUT2D eigenvalue weighted by Crippen LogP contribution is -2.36. The summed E-state index contributed by atoms with van der Waals surface area (Å²) in [6.45, 7) is 3.97. The van der Waals surface area contributed by atoms with Crippen LogP contribution in [0.25, 0.3) is 0 Å². The van der Waals surface area contributed by atoms with Crippen LogP contribution in [0.3, 0.4) is 0 Å². The Balaban J connectivity index is 2.21. The molecule has 0 saturated carbocycles. The number of carbonyl (C=O) groups is 1. The zero-order valence-corrected chi connectivity index (χ0v) is 11.0. The molecule has 2 aliphatic rings. The van der Waals surface area contributed by atoms with Crippen LogP contribution in [0.1, 0.15) is 33.1 Å². The number of ether oxygens (including phenoxy) is 2. The Morgan fingerprint density at radius 2 is 2.12 bits per heavy atom. The van der Waals surface area contributed by atoms with Crippen molar-refractivity contribution in [3.05, 3.63) is 0 Å². The van der Waals surface area contributed by atoms with Gasteiger partial charge in [-0.2, -0.15) is 0 Å². The summed E-state index contributed by atoms with van der Waals surface area (Å²) >= 11 is 0. The average molecular weight is 262 g/mol. The molecular formula is C11H18O5S. The van der Waals surface area contributed by atoms with E-state index in [0.717, 1.165) is 6.42 Å². The minimum atomic E-state index is -3.06. The van der Waals surface area contributed by atoms with E-state index in [4.69, 9.17) is 9.47 Å². The molecule has 0 aromatic rings. The molecule has 17 heavy (non-hydrogen) atoms. The third kappa shape index (κ3) is 1.87. The molecule has 0 amide bonds. The van der Waals surface area contributed by atoms with E-state index in [0.29, 0.717) is 12.8 Å². The molecule has 2 saturated heterocycles. The van der Waals surface area contributed by atoms with Crippen molar-refractivity contribution in [1.29, 1.82) is 0 Å². The van der Waals surface area contributed by atoms with E-state index >= 15 is 0 Å². The summed E-state index contributed by atoms with van der Waals surface area (Å²) in [5.74, 6) is -0.338. The number of hydrogen-bond acceptors (Lipinski definition) is 5. The lowest BCUT2D eigenvalue weighted by atomic mass is 9.88. The van der Waals surface area contributed by atoms with Crippen LogP contribution in [0, 0.1) is 0 Å². The maximum absolute atomic E-state index is 11.9. The molecule has 2 rings (SSSR count). The van der Waals surface area contributed by atoms with Crippen molar-refractivity contribution < 1.29 is 22.7 Å². The molecule has 0 radical (unpaired) electrons. The maximum Gasteiger partial charge on any atom is 0.341 e. The SMILES string of the molecule is CCCC1(C(=O)OCC)OC12CCS(=O)(=O)C2. The third-order valence-corrected chi connectivity index (χ3v) is 5.27. The summed E-state index contributed by atoms with van der Waals surface area (Å²) in [6.07, 6.45) is 1.70. The van der Waals surface area contributed by atoms with E-state index in [1.165, 1.54) is 0 Å². The van der Waals surface area contributed by atoms with Crippen molar-refractivity contribution in [2.45, 2.75) is 44.3 Å². The smallest absolute Gasteiger partial charge is 0.341 e. The second kappa shape index (κ2) is 3.95. The number of rotatable bonds is 4. The first-order valence-electron chi connectivity index (χ1n) is 5.99. The summed E-state index contributed by atoms with van der Waals surface area (Å²) in [7, 11) is -3.06. The lowest BCUT2D eigenvalue weighted by molar-refractivity contribution is -0.149. The Bertz CT molecular complexity index is 429. The summed E-state index contributed by atoms with van der Waals surface area (Å²) in [5.41, 5.74) is -1.80. The maximum atomic E-state index is 11.9. The molecule has 6 heteroatoms. The molecule has 2 aliphatic heterocycles. The molecule has 0 bridgehead atoms. The van der Waals surface area contributed by atoms with Crippen LogP contribution in [-0.4, -0.2) is 43.7 Å². The molecule has 5 nitrogen and oxygen atoms in total. The fourth-order valence-corrected chi connectivity index (χ4v) is 4.67. The molecule has 2 fully saturated rings. The van der Waals surface area contributed by atoms with Gasteiger partial charge >= 0.3 is 5.97 Å². The number of carbonyl (C=O) groups excluding carboxylic acids is 1. The molecule has 1 spiro atoms. The Morgan fingerprint density at radius 3 is 2.59 bits per heavy atom. The van der Waals surface area contributed by atoms with Crippen molar-refractivity contribution in [3.8, 4) is 0 Å². The first-order chi connectivity index (χ1) is 7.91. The zero-order valence-electron chi connectivity index (χ0n) is 10.2. The van der Waals surface area contributed by atoms with Crippen molar-refractivity contribution in [3.63, 3.8) is 0 Å². The first kappa shape index (κ1) is 12.8. The van der Waals surface area contributed by atoms with Gasteiger partial charge in [0.2, 0.25) is 0 Å². The van der Waals surface area contributed by atoms with Gasteiger partial charge < -0.3 is 9.47 Å². The molecule has 0 aliphatic carbocycles. The minimum Gasteiger partial charge on any atom is -0.464 e. The third-order valence-electron chi connectivity index (χ3n) is 3.54. The predicted octanol–water partition coefficient (Wildman–Crippen LogP) is 0.676. The highest BCUT2D eigenvalue weighted by atomic mass is 32.2. The Kier molecular flexibility index (Phi) is 2.98. The van der Waals surface area contributed by atoms with Gasteiger partial charge in [0.25, 0.3) is 0 Å². The molecule has 98 valence electrons. The number of hydrogen-bond donors (Lipinski definition) is 0. The van der Waals surface area contributed by atoms with Crippen molar-refractivity contribution in [1.82, 2.24) is 0 Å². The number of epoxide rings is 1. The van der Waals surface area contributed by atoms with Gasteiger partial charge in [0.05, 0.1) is 18.1 Å². The van der Waals surface area contributed by atoms with Gasteiger partial charge in [-0.05, 0) is 19.8 Å². The van der Waals surface area contributed by atoms with Gasteiger partial charge in [0.1, 0.15) is 5.60 Å². The van der Waals surface area contributed by atoms with Crippen molar-refractivity contribution in [2.24, 2.45) is 0 Å². The molecule has 0 aromatic carbocycles. The van der Waals surface area contributed by atoms with Crippen LogP contribution in [0.15, 0.2) is 0 Å². The monoisotopic (exact) mass is 262 g/mol. The van der Waals surface area contributed by atoms with Crippen molar-refractivity contribution in [2.75, 3.05) is 18.1 Å². The minimum absolute atomic E-state index is 0.0428. The number of sulfone groups is 1. The van der Waals surface area contributed by atoms with Gasteiger partial charge in [-0.1, -0.05) is 13.3 Å². The summed E-state index contributed by atoms with van der Waals surface area (Å²) < 4.78 is 33.7. The molecule has 2 atom stereocenters. The van der Waals surface area contributed by atoms with Gasteiger partial charge in [-0.3, -0.25) is 0 Å². The van der Waals surface area contributed by atoms with E-state index in [9.17, 15) is 13.2 Å². The fourth-order valence-electron chi connectivity index (χ4n) is 2.74. The van der Waals surface area contributed by atoms with Gasteiger partial charge in [-0.25, -0.2) is 13.2 Å². The highest BCUT2D eigenvalue weighted by molar-refractivity contribution is 7.91. The average Bonchev–Trinajstić information content (AvgIpc) is 2.73. The quantitative estimate of drug-likeness (QED) is 0.550. The van der Waals surface area contributed by atoms with Crippen molar-refractivity contribution >= 4 is 15.8 Å². The number of esters is 1. The normalized spacial score (nSPS) is 38.2. The largest absolute Gasteiger partial charge is 0.464 e. The van der Waals surface area contributed by atoms with E-state index in [1.54, 1.807) is 6.92 Å². The molecule has 2 unspecified atom stereocenters. The first-order valence-corrected chi connectivity index (χ1v) is 7.81. The molecular weight excluding hydrogens is 244 g/mol. The second-order valence-corrected chi connectivity index (χ2v) is 6.92. The van der Waals surface area contributed by atoms with E-state index in [-0.39, 0.29) is 18.1 Å². The van der Waals surface area contributed by atoms with Crippen LogP contribution in [0.4, 0.5) is 0 Å². The predicted molar refractivity (Wildman–Crippen MR) is 61.4 cm³/mol. The van der Waals surface area contributed by atoms with E-state index < -0.39 is 27.0 Å². The van der Waals surface area contributed by atoms with E-state index in [1.807, 2.05) is 6.92 Å². The Labute approximate surface area is 101 Å². The zero-order chi connectivity index (χ0) is 12.7. The van der Waals surface area contributed by atoms with E-state index in [2.05, 4.69) is 0 Å². The lowest BCUT2D eigenvalue weighted by Gasteiger charge is -2.13. The summed E-state index contributed by atoms with van der Waals surface area (Å²) in [5, 5.41) is 0. The van der Waals surface area contributed by atoms with Gasteiger partial charge in [0.15, 0.2) is 15.4 Å². The Hall–Kier alpha value is -0.620. The highest BCUT2D eigenvalue weighted by Gasteiger charge is 2.77.